The highest BCUT2D eigenvalue weighted by molar-refractivity contribution is 8.16. The van der Waals surface area contributed by atoms with Gasteiger partial charge in [0.2, 0.25) is 5.91 Å². The number of fused-ring (bicyclic) bond motifs is 1. The summed E-state index contributed by atoms with van der Waals surface area (Å²) in [6.45, 7) is 7.68. The highest BCUT2D eigenvalue weighted by Gasteiger charge is 2.41. The molecule has 2 aromatic carbocycles. The molecule has 2 heterocycles. The fourth-order valence-electron chi connectivity index (χ4n) is 4.46. The first-order valence-electron chi connectivity index (χ1n) is 12.9. The summed E-state index contributed by atoms with van der Waals surface area (Å²) < 4.78 is 5.79. The minimum Gasteiger partial charge on any atom is -0.457 e. The maximum Gasteiger partial charge on any atom is 0.338 e. The van der Waals surface area contributed by atoms with E-state index in [0.717, 1.165) is 28.5 Å². The Morgan fingerprint density at radius 1 is 1.11 bits per heavy atom. The molecule has 200 valence electrons. The minimum atomic E-state index is -0.442. The van der Waals surface area contributed by atoms with Crippen LogP contribution in [0.25, 0.3) is 0 Å². The Bertz CT molecular complexity index is 1250. The number of rotatable bonds is 10. The lowest BCUT2D eigenvalue weighted by Crippen LogP contribution is -2.38. The van der Waals surface area contributed by atoms with Gasteiger partial charge in [-0.2, -0.15) is 0 Å². The zero-order valence-electron chi connectivity index (χ0n) is 22.7. The van der Waals surface area contributed by atoms with E-state index in [4.69, 9.17) is 9.73 Å². The zero-order chi connectivity index (χ0) is 27.2. The number of hydrogen-bond donors (Lipinski definition) is 1. The molecule has 8 heteroatoms. The summed E-state index contributed by atoms with van der Waals surface area (Å²) in [7, 11) is 3.95. The summed E-state index contributed by atoms with van der Waals surface area (Å²) in [5.41, 5.74) is 5.03. The van der Waals surface area contributed by atoms with Gasteiger partial charge in [-0.05, 0) is 49.0 Å². The van der Waals surface area contributed by atoms with Crippen LogP contribution >= 0.6 is 11.8 Å². The third kappa shape index (κ3) is 6.55. The molecule has 0 bridgehead atoms. The number of allylic oxidation sites excluding steroid dienone is 1. The normalized spacial score (nSPS) is 16.9. The third-order valence-electron chi connectivity index (χ3n) is 6.58. The SMILES string of the molecule is CC1=C(C(=O)OCc2ccccc2)[C@@H](c2ccc(C(C)C)cc2)N2C(CC(=O)NCCN(C)C)=CSC2=N1. The zero-order valence-corrected chi connectivity index (χ0v) is 23.5. The predicted octanol–water partition coefficient (Wildman–Crippen LogP) is 5.20. The van der Waals surface area contributed by atoms with Crippen LogP contribution in [-0.4, -0.2) is 54.0 Å². The average Bonchev–Trinajstić information content (AvgIpc) is 3.28. The van der Waals surface area contributed by atoms with Gasteiger partial charge >= 0.3 is 5.97 Å². The second-order valence-electron chi connectivity index (χ2n) is 10.1. The molecule has 4 rings (SSSR count). The Labute approximate surface area is 229 Å². The molecule has 0 radical (unpaired) electrons. The molecule has 7 nitrogen and oxygen atoms in total. The van der Waals surface area contributed by atoms with Crippen LogP contribution in [0.2, 0.25) is 0 Å². The van der Waals surface area contributed by atoms with Crippen molar-refractivity contribution < 1.29 is 14.3 Å². The van der Waals surface area contributed by atoms with Crippen LogP contribution < -0.4 is 5.32 Å². The van der Waals surface area contributed by atoms with Gasteiger partial charge in [-0.1, -0.05) is 80.2 Å². The number of nitrogens with one attached hydrogen (secondary N) is 1. The van der Waals surface area contributed by atoms with Crippen LogP contribution in [0, 0.1) is 0 Å². The number of likely N-dealkylation sites (N-methyl/N-ethyl adjacent to an activating group) is 1. The molecule has 0 aromatic heterocycles. The van der Waals surface area contributed by atoms with Gasteiger partial charge in [-0.3, -0.25) is 4.79 Å². The Morgan fingerprint density at radius 3 is 2.47 bits per heavy atom. The molecular formula is C30H36N4O3S. The number of thioether (sulfide) groups is 1. The number of amidine groups is 1. The number of hydrogen-bond acceptors (Lipinski definition) is 7. The van der Waals surface area contributed by atoms with Crippen LogP contribution in [0.15, 0.2) is 82.0 Å². The number of ether oxygens (including phenoxy) is 1. The van der Waals surface area contributed by atoms with Crippen molar-refractivity contribution in [1.29, 1.82) is 0 Å². The van der Waals surface area contributed by atoms with E-state index in [1.54, 1.807) is 0 Å². The number of benzene rings is 2. The molecule has 0 saturated heterocycles. The van der Waals surface area contributed by atoms with Crippen molar-refractivity contribution in [3.8, 4) is 0 Å². The standard InChI is InChI=1S/C30H36N4O3S/c1-20(2)23-11-13-24(14-12-23)28-27(29(36)37-18-22-9-7-6-8-10-22)21(3)32-30-34(28)25(19-38-30)17-26(35)31-15-16-33(4)5/h6-14,19-20,28H,15-18H2,1-5H3,(H,31,35)/t28-/m1/s1. The highest BCUT2D eigenvalue weighted by atomic mass is 32.2. The second kappa shape index (κ2) is 12.5. The maximum atomic E-state index is 13.6. The lowest BCUT2D eigenvalue weighted by Gasteiger charge is -2.36. The fraction of sp³-hybridized carbons (Fsp3) is 0.367. The molecule has 0 saturated carbocycles. The Kier molecular flexibility index (Phi) is 9.07. The van der Waals surface area contributed by atoms with Crippen molar-refractivity contribution >= 4 is 28.8 Å². The van der Waals surface area contributed by atoms with E-state index < -0.39 is 12.0 Å². The van der Waals surface area contributed by atoms with Gasteiger partial charge in [-0.15, -0.1) is 0 Å². The molecule has 0 spiro atoms. The first-order chi connectivity index (χ1) is 18.2. The minimum absolute atomic E-state index is 0.0617. The molecule has 2 aromatic rings. The largest absolute Gasteiger partial charge is 0.457 e. The molecule has 1 atom stereocenters. The first-order valence-corrected chi connectivity index (χ1v) is 13.8. The summed E-state index contributed by atoms with van der Waals surface area (Å²) >= 11 is 1.48. The summed E-state index contributed by atoms with van der Waals surface area (Å²) in [6.07, 6.45) is 0.200. The number of carbonyl (C=O) groups excluding carboxylic acids is 2. The quantitative estimate of drug-likeness (QED) is 0.424. The van der Waals surface area contributed by atoms with E-state index in [-0.39, 0.29) is 18.9 Å². The van der Waals surface area contributed by atoms with E-state index in [1.807, 2.05) is 66.6 Å². The topological polar surface area (TPSA) is 74.2 Å². The van der Waals surface area contributed by atoms with Crippen LogP contribution in [-0.2, 0) is 20.9 Å². The molecular weight excluding hydrogens is 496 g/mol. The van der Waals surface area contributed by atoms with Crippen LogP contribution in [0.3, 0.4) is 0 Å². The molecule has 0 aliphatic carbocycles. The predicted molar refractivity (Wildman–Crippen MR) is 153 cm³/mol. The number of nitrogens with zero attached hydrogens (tertiary/aromatic N) is 3. The molecule has 0 unspecified atom stereocenters. The molecule has 1 N–H and O–H groups in total. The van der Waals surface area contributed by atoms with Gasteiger partial charge in [0.15, 0.2) is 5.17 Å². The van der Waals surface area contributed by atoms with Gasteiger partial charge < -0.3 is 19.9 Å². The summed E-state index contributed by atoms with van der Waals surface area (Å²) in [5, 5.41) is 5.72. The van der Waals surface area contributed by atoms with E-state index in [0.29, 0.717) is 23.7 Å². The van der Waals surface area contributed by atoms with Gasteiger partial charge in [0.1, 0.15) is 6.61 Å². The van der Waals surface area contributed by atoms with E-state index >= 15 is 0 Å². The van der Waals surface area contributed by atoms with Gasteiger partial charge in [-0.25, -0.2) is 9.79 Å². The van der Waals surface area contributed by atoms with Crippen molar-refractivity contribution in [2.75, 3.05) is 27.2 Å². The van der Waals surface area contributed by atoms with Crippen molar-refractivity contribution in [3.05, 3.63) is 93.7 Å². The van der Waals surface area contributed by atoms with Crippen LogP contribution in [0.4, 0.5) is 0 Å². The lowest BCUT2D eigenvalue weighted by molar-refractivity contribution is -0.141. The van der Waals surface area contributed by atoms with Crippen molar-refractivity contribution in [1.82, 2.24) is 15.1 Å². The van der Waals surface area contributed by atoms with Crippen LogP contribution in [0.5, 0.6) is 0 Å². The number of amides is 1. The summed E-state index contributed by atoms with van der Waals surface area (Å²) in [6, 6.07) is 17.5. The van der Waals surface area contributed by atoms with Crippen molar-refractivity contribution in [3.63, 3.8) is 0 Å². The number of esters is 1. The average molecular weight is 533 g/mol. The Morgan fingerprint density at radius 2 is 1.82 bits per heavy atom. The monoisotopic (exact) mass is 532 g/mol. The molecule has 1 amide bonds. The second-order valence-corrected chi connectivity index (χ2v) is 10.9. The maximum absolute atomic E-state index is 13.6. The van der Waals surface area contributed by atoms with Gasteiger partial charge in [0, 0.05) is 18.8 Å². The number of aliphatic imine (C=N–C) groups is 1. The fourth-order valence-corrected chi connectivity index (χ4v) is 5.42. The van der Waals surface area contributed by atoms with Crippen LogP contribution in [0.1, 0.15) is 55.8 Å². The van der Waals surface area contributed by atoms with Crippen molar-refractivity contribution in [2.24, 2.45) is 4.99 Å². The Hall–Kier alpha value is -3.36. The molecule has 2 aliphatic heterocycles. The molecule has 38 heavy (non-hydrogen) atoms. The van der Waals surface area contributed by atoms with E-state index in [9.17, 15) is 9.59 Å². The highest BCUT2D eigenvalue weighted by Crippen LogP contribution is 2.45. The van der Waals surface area contributed by atoms with Gasteiger partial charge in [0.05, 0.1) is 23.7 Å². The summed E-state index contributed by atoms with van der Waals surface area (Å²) in [4.78, 5) is 35.2. The third-order valence-corrected chi connectivity index (χ3v) is 7.46. The Balaban J connectivity index is 1.63. The van der Waals surface area contributed by atoms with E-state index in [2.05, 4.69) is 43.4 Å². The first kappa shape index (κ1) is 27.7. The smallest absolute Gasteiger partial charge is 0.338 e. The summed E-state index contributed by atoms with van der Waals surface area (Å²) in [5.74, 6) is -0.0733. The molecule has 2 aliphatic rings. The number of carbonyl (C=O) groups is 2. The lowest BCUT2D eigenvalue weighted by atomic mass is 9.92. The van der Waals surface area contributed by atoms with E-state index in [1.165, 1.54) is 17.3 Å². The van der Waals surface area contributed by atoms with Crippen molar-refractivity contribution in [2.45, 2.75) is 45.8 Å². The van der Waals surface area contributed by atoms with Gasteiger partial charge in [0.25, 0.3) is 0 Å². The molecule has 0 fully saturated rings.